The molecule has 0 spiro atoms. The van der Waals surface area contributed by atoms with Crippen molar-refractivity contribution >= 4 is 16.1 Å². The third-order valence-electron chi connectivity index (χ3n) is 7.21. The molecule has 12 heteroatoms. The van der Waals surface area contributed by atoms with Crippen LogP contribution in [0.4, 0.5) is 9.18 Å². The van der Waals surface area contributed by atoms with Crippen LogP contribution in [0.1, 0.15) is 38.2 Å². The Balaban J connectivity index is 1.72. The first-order chi connectivity index (χ1) is 19.9. The molecule has 2 atom stereocenters. The first-order valence-corrected chi connectivity index (χ1v) is 15.9. The molecule has 42 heavy (non-hydrogen) atoms. The minimum Gasteiger partial charge on any atom is -0.351 e. The Labute approximate surface area is 247 Å². The van der Waals surface area contributed by atoms with E-state index in [0.29, 0.717) is 12.4 Å². The number of nitrogens with zero attached hydrogens (tertiary/aromatic N) is 5. The molecular weight excluding hydrogens is 559 g/mol. The van der Waals surface area contributed by atoms with Gasteiger partial charge in [-0.3, -0.25) is 4.90 Å². The minimum atomic E-state index is -3.35. The molecule has 1 aromatic heterocycles. The predicted molar refractivity (Wildman–Crippen MR) is 161 cm³/mol. The number of sulfonamides is 1. The van der Waals surface area contributed by atoms with Crippen molar-refractivity contribution in [1.82, 2.24) is 23.8 Å². The molecular formula is C30H41FN6O4S. The van der Waals surface area contributed by atoms with Gasteiger partial charge in [0.05, 0.1) is 24.5 Å². The van der Waals surface area contributed by atoms with E-state index in [9.17, 15) is 17.6 Å². The number of imidazole rings is 1. The molecule has 0 unspecified atom stereocenters. The third-order valence-corrected chi connectivity index (χ3v) is 8.51. The smallest absolute Gasteiger partial charge is 0.351 e. The lowest BCUT2D eigenvalue weighted by Crippen LogP contribution is -2.52. The van der Waals surface area contributed by atoms with E-state index in [1.807, 2.05) is 92.2 Å². The average Bonchev–Trinajstić information content (AvgIpc) is 3.35. The van der Waals surface area contributed by atoms with E-state index in [2.05, 4.69) is 0 Å². The normalized spacial score (nSPS) is 16.6. The molecule has 1 amide bonds. The van der Waals surface area contributed by atoms with Crippen LogP contribution in [0.3, 0.4) is 0 Å². The van der Waals surface area contributed by atoms with Crippen molar-refractivity contribution in [2.45, 2.75) is 39.5 Å². The van der Waals surface area contributed by atoms with E-state index < -0.39 is 33.7 Å². The molecule has 228 valence electrons. The summed E-state index contributed by atoms with van der Waals surface area (Å²) in [5.74, 6) is 0.591. The van der Waals surface area contributed by atoms with Crippen molar-refractivity contribution < 1.29 is 22.4 Å². The van der Waals surface area contributed by atoms with E-state index in [1.54, 1.807) is 0 Å². The summed E-state index contributed by atoms with van der Waals surface area (Å²) >= 11 is 0. The van der Waals surface area contributed by atoms with Crippen molar-refractivity contribution in [3.8, 4) is 11.3 Å². The number of hydroxylamine groups is 2. The van der Waals surface area contributed by atoms with Crippen molar-refractivity contribution in [2.75, 3.05) is 45.5 Å². The lowest BCUT2D eigenvalue weighted by molar-refractivity contribution is -0.133. The van der Waals surface area contributed by atoms with Gasteiger partial charge in [0.25, 0.3) is 0 Å². The van der Waals surface area contributed by atoms with E-state index in [0.717, 1.165) is 23.1 Å². The highest BCUT2D eigenvalue weighted by molar-refractivity contribution is 7.88. The highest BCUT2D eigenvalue weighted by atomic mass is 32.2. The first-order valence-electron chi connectivity index (χ1n) is 14.1. The second-order valence-corrected chi connectivity index (χ2v) is 13.6. The monoisotopic (exact) mass is 600 g/mol. The number of rotatable bonds is 10. The van der Waals surface area contributed by atoms with Gasteiger partial charge in [-0.15, -0.1) is 5.06 Å². The number of alkyl halides is 1. The number of nitrogens with two attached hydrogens (primary N) is 1. The van der Waals surface area contributed by atoms with Crippen molar-refractivity contribution in [2.24, 2.45) is 11.1 Å². The number of halogens is 1. The van der Waals surface area contributed by atoms with Gasteiger partial charge in [0.15, 0.2) is 0 Å². The Morgan fingerprint density at radius 2 is 1.64 bits per heavy atom. The van der Waals surface area contributed by atoms with Crippen molar-refractivity contribution in [1.29, 1.82) is 0 Å². The molecule has 0 saturated carbocycles. The molecule has 1 aliphatic heterocycles. The number of hydrogen-bond donors (Lipinski definition) is 1. The summed E-state index contributed by atoms with van der Waals surface area (Å²) in [4.78, 5) is 26.0. The lowest BCUT2D eigenvalue weighted by Gasteiger charge is -2.41. The molecule has 1 fully saturated rings. The zero-order chi connectivity index (χ0) is 30.5. The van der Waals surface area contributed by atoms with Gasteiger partial charge in [-0.2, -0.15) is 4.31 Å². The Morgan fingerprint density at radius 3 is 2.19 bits per heavy atom. The van der Waals surface area contributed by atoms with Crippen LogP contribution in [0.25, 0.3) is 11.3 Å². The van der Waals surface area contributed by atoms with Gasteiger partial charge in [0, 0.05) is 51.0 Å². The third kappa shape index (κ3) is 7.94. The maximum atomic E-state index is 15.0. The van der Waals surface area contributed by atoms with Crippen LogP contribution in [0, 0.1) is 5.41 Å². The summed E-state index contributed by atoms with van der Waals surface area (Å²) in [6, 6.07) is 19.0. The Bertz CT molecular complexity index is 1420. The van der Waals surface area contributed by atoms with Crippen LogP contribution >= 0.6 is 0 Å². The Hall–Kier alpha value is -3.32. The summed E-state index contributed by atoms with van der Waals surface area (Å²) in [6.45, 7) is 6.63. The van der Waals surface area contributed by atoms with E-state index in [4.69, 9.17) is 15.6 Å². The zero-order valence-corrected chi connectivity index (χ0v) is 25.5. The number of carbonyl (C=O) groups excluding carboxylic acids is 1. The molecule has 10 nitrogen and oxygen atoms in total. The fourth-order valence-electron chi connectivity index (χ4n) is 5.13. The van der Waals surface area contributed by atoms with E-state index in [-0.39, 0.29) is 39.3 Å². The molecule has 1 saturated heterocycles. The number of piperazine rings is 1. The van der Waals surface area contributed by atoms with Crippen LogP contribution in [0.2, 0.25) is 0 Å². The van der Waals surface area contributed by atoms with E-state index in [1.165, 1.54) is 14.3 Å². The van der Waals surface area contributed by atoms with Gasteiger partial charge < -0.3 is 15.1 Å². The number of aromatic nitrogens is 2. The van der Waals surface area contributed by atoms with Crippen molar-refractivity contribution in [3.63, 3.8) is 0 Å². The SMILES string of the molecule is CC(C)(C)[C@H](c1nc(-c2ccccc2)cn1Cc1ccccc1)N(C[C@H](F)CN)C(=O)ON1CCN(S(C)(=O)=O)CC1. The standard InChI is InChI=1S/C30H41FN6O4S/c1-30(2,3)27(37(21-25(31)19-32)29(38)41-35-15-17-36(18-16-35)42(4,39)40)28-33-26(24-13-9-6-10-14-24)22-34(28)20-23-11-7-5-8-12-23/h5-14,22,25,27H,15-21,32H2,1-4H3/t25-,27+/m1/s1. The highest BCUT2D eigenvalue weighted by Gasteiger charge is 2.41. The maximum Gasteiger partial charge on any atom is 0.429 e. The summed E-state index contributed by atoms with van der Waals surface area (Å²) in [6.07, 6.45) is 0.880. The predicted octanol–water partition coefficient (Wildman–Crippen LogP) is 3.91. The fourth-order valence-corrected chi connectivity index (χ4v) is 5.95. The lowest BCUT2D eigenvalue weighted by atomic mass is 9.84. The van der Waals surface area contributed by atoms with Gasteiger partial charge in [-0.1, -0.05) is 81.4 Å². The number of amides is 1. The zero-order valence-electron chi connectivity index (χ0n) is 24.7. The minimum absolute atomic E-state index is 0.186. The summed E-state index contributed by atoms with van der Waals surface area (Å²) < 4.78 is 42.2. The molecule has 0 radical (unpaired) electrons. The summed E-state index contributed by atoms with van der Waals surface area (Å²) in [7, 11) is -3.35. The molecule has 0 aliphatic carbocycles. The molecule has 3 aromatic rings. The van der Waals surface area contributed by atoms with Gasteiger partial charge in [0.2, 0.25) is 10.0 Å². The van der Waals surface area contributed by atoms with Gasteiger partial charge in [-0.25, -0.2) is 22.6 Å². The largest absolute Gasteiger partial charge is 0.429 e. The molecule has 2 aromatic carbocycles. The molecule has 2 N–H and O–H groups in total. The second-order valence-electron chi connectivity index (χ2n) is 11.7. The quantitative estimate of drug-likeness (QED) is 0.375. The number of benzene rings is 2. The fraction of sp³-hybridized carbons (Fsp3) is 0.467. The summed E-state index contributed by atoms with van der Waals surface area (Å²) in [5.41, 5.74) is 7.78. The van der Waals surface area contributed by atoms with Crippen LogP contribution < -0.4 is 5.73 Å². The molecule has 4 rings (SSSR count). The highest BCUT2D eigenvalue weighted by Crippen LogP contribution is 2.39. The van der Waals surface area contributed by atoms with Gasteiger partial charge in [-0.05, 0) is 11.0 Å². The average molecular weight is 601 g/mol. The van der Waals surface area contributed by atoms with Crippen LogP contribution in [0.15, 0.2) is 66.9 Å². The molecule has 2 heterocycles. The van der Waals surface area contributed by atoms with Crippen LogP contribution in [-0.2, 0) is 21.4 Å². The maximum absolute atomic E-state index is 15.0. The van der Waals surface area contributed by atoms with Crippen molar-refractivity contribution in [3.05, 3.63) is 78.2 Å². The second kappa shape index (κ2) is 13.3. The molecule has 0 bridgehead atoms. The summed E-state index contributed by atoms with van der Waals surface area (Å²) in [5, 5.41) is 1.43. The first kappa shape index (κ1) is 31.6. The Kier molecular flexibility index (Phi) is 10.0. The van der Waals surface area contributed by atoms with E-state index >= 15 is 0 Å². The van der Waals surface area contributed by atoms with Crippen LogP contribution in [0.5, 0.6) is 0 Å². The number of carbonyl (C=O) groups is 1. The Morgan fingerprint density at radius 1 is 1.05 bits per heavy atom. The van der Waals surface area contributed by atoms with Gasteiger partial charge >= 0.3 is 6.09 Å². The molecule has 1 aliphatic rings. The topological polar surface area (TPSA) is 114 Å². The number of hydrogen-bond acceptors (Lipinski definition) is 7. The van der Waals surface area contributed by atoms with Crippen LogP contribution in [-0.4, -0.2) is 90.0 Å². The van der Waals surface area contributed by atoms with Gasteiger partial charge in [0.1, 0.15) is 12.0 Å².